The number of hydrogen-bond donors (Lipinski definition) is 1. The van der Waals surface area contributed by atoms with Crippen LogP contribution in [0.1, 0.15) is 12.8 Å². The maximum Gasteiger partial charge on any atom is 0.239 e. The summed E-state index contributed by atoms with van der Waals surface area (Å²) < 4.78 is 0.937. The number of nitrogens with one attached hydrogen (secondary N) is 1. The van der Waals surface area contributed by atoms with Crippen LogP contribution in [0.15, 0.2) is 28.7 Å². The van der Waals surface area contributed by atoms with Gasteiger partial charge in [-0.05, 0) is 50.6 Å². The molecule has 2 amide bonds. The third-order valence-corrected chi connectivity index (χ3v) is 5.21. The van der Waals surface area contributed by atoms with Crippen LogP contribution < -0.4 is 10.2 Å². The Morgan fingerprint density at radius 1 is 1.35 bits per heavy atom. The fourth-order valence-electron chi connectivity index (χ4n) is 3.52. The molecule has 3 rings (SSSR count). The lowest BCUT2D eigenvalue weighted by molar-refractivity contribution is -0.139. The molecule has 6 heteroatoms. The molecule has 2 fully saturated rings. The number of carbonyl (C=O) groups excluding carboxylic acids is 2. The molecule has 2 aliphatic rings. The lowest BCUT2D eigenvalue weighted by Crippen LogP contribution is -2.39. The molecule has 0 bridgehead atoms. The van der Waals surface area contributed by atoms with Gasteiger partial charge in [-0.1, -0.05) is 22.0 Å². The molecule has 2 saturated heterocycles. The zero-order valence-corrected chi connectivity index (χ0v) is 14.9. The van der Waals surface area contributed by atoms with E-state index in [1.54, 1.807) is 4.90 Å². The van der Waals surface area contributed by atoms with Crippen LogP contribution in [0.3, 0.4) is 0 Å². The first-order valence-corrected chi connectivity index (χ1v) is 8.89. The van der Waals surface area contributed by atoms with Crippen LogP contribution in [0.5, 0.6) is 0 Å². The molecule has 0 aromatic heterocycles. The van der Waals surface area contributed by atoms with E-state index >= 15 is 0 Å². The minimum absolute atomic E-state index is 0.00565. The zero-order chi connectivity index (χ0) is 16.4. The molecule has 0 spiro atoms. The Kier molecular flexibility index (Phi) is 5.02. The maximum atomic E-state index is 12.7. The van der Waals surface area contributed by atoms with Crippen LogP contribution in [0.4, 0.5) is 5.69 Å². The minimum Gasteiger partial charge on any atom is -0.342 e. The van der Waals surface area contributed by atoms with Crippen LogP contribution in [-0.2, 0) is 9.59 Å². The second-order valence-electron chi connectivity index (χ2n) is 6.31. The normalized spacial score (nSPS) is 24.5. The average molecular weight is 380 g/mol. The Balaban J connectivity index is 1.66. The Hall–Kier alpha value is -1.40. The summed E-state index contributed by atoms with van der Waals surface area (Å²) in [6.07, 6.45) is 1.63. The van der Waals surface area contributed by atoms with Gasteiger partial charge in [-0.25, -0.2) is 0 Å². The lowest BCUT2D eigenvalue weighted by Gasteiger charge is -2.21. The highest BCUT2D eigenvalue weighted by atomic mass is 79.9. The third kappa shape index (κ3) is 3.43. The van der Waals surface area contributed by atoms with Crippen molar-refractivity contribution >= 4 is 33.4 Å². The van der Waals surface area contributed by atoms with Gasteiger partial charge in [0.1, 0.15) is 5.92 Å². The van der Waals surface area contributed by atoms with E-state index in [2.05, 4.69) is 21.2 Å². The predicted octanol–water partition coefficient (Wildman–Crippen LogP) is 1.87. The Labute approximate surface area is 145 Å². The number of likely N-dealkylation sites (tertiary alicyclic amines) is 1. The fraction of sp³-hybridized carbons (Fsp3) is 0.529. The molecule has 5 nitrogen and oxygen atoms in total. The summed E-state index contributed by atoms with van der Waals surface area (Å²) in [7, 11) is 1.93. The van der Waals surface area contributed by atoms with Crippen molar-refractivity contribution in [2.75, 3.05) is 38.1 Å². The van der Waals surface area contributed by atoms with Crippen molar-refractivity contribution in [1.29, 1.82) is 0 Å². The third-order valence-electron chi connectivity index (χ3n) is 4.71. The van der Waals surface area contributed by atoms with Crippen molar-refractivity contribution in [1.82, 2.24) is 10.2 Å². The highest BCUT2D eigenvalue weighted by Crippen LogP contribution is 2.29. The first kappa shape index (κ1) is 16.5. The van der Waals surface area contributed by atoms with Gasteiger partial charge in [0.15, 0.2) is 0 Å². The van der Waals surface area contributed by atoms with Crippen molar-refractivity contribution in [2.24, 2.45) is 11.8 Å². The second kappa shape index (κ2) is 7.01. The first-order valence-electron chi connectivity index (χ1n) is 8.10. The van der Waals surface area contributed by atoms with Gasteiger partial charge in [-0.3, -0.25) is 9.59 Å². The van der Waals surface area contributed by atoms with Crippen LogP contribution in [0, 0.1) is 11.8 Å². The topological polar surface area (TPSA) is 52.7 Å². The first-order chi connectivity index (χ1) is 11.1. The predicted molar refractivity (Wildman–Crippen MR) is 93.2 cm³/mol. The van der Waals surface area contributed by atoms with Gasteiger partial charge >= 0.3 is 0 Å². The molecule has 23 heavy (non-hydrogen) atoms. The number of anilines is 1. The number of carbonyl (C=O) groups is 2. The molecule has 2 aliphatic heterocycles. The largest absolute Gasteiger partial charge is 0.342 e. The molecule has 2 heterocycles. The Morgan fingerprint density at radius 3 is 2.91 bits per heavy atom. The van der Waals surface area contributed by atoms with Gasteiger partial charge in [0.25, 0.3) is 0 Å². The van der Waals surface area contributed by atoms with Gasteiger partial charge in [0.05, 0.1) is 0 Å². The summed E-state index contributed by atoms with van der Waals surface area (Å²) in [5.41, 5.74) is 0.856. The van der Waals surface area contributed by atoms with E-state index < -0.39 is 5.92 Å². The van der Waals surface area contributed by atoms with E-state index in [0.29, 0.717) is 18.9 Å². The summed E-state index contributed by atoms with van der Waals surface area (Å²) in [6.45, 7) is 3.07. The molecule has 0 radical (unpaired) electrons. The highest BCUT2D eigenvalue weighted by molar-refractivity contribution is 9.10. The summed E-state index contributed by atoms with van der Waals surface area (Å²) in [5, 5.41) is 3.16. The van der Waals surface area contributed by atoms with Crippen molar-refractivity contribution in [2.45, 2.75) is 12.8 Å². The van der Waals surface area contributed by atoms with E-state index in [1.807, 2.05) is 36.2 Å². The molecular weight excluding hydrogens is 358 g/mol. The smallest absolute Gasteiger partial charge is 0.239 e. The van der Waals surface area contributed by atoms with Crippen molar-refractivity contribution in [3.8, 4) is 0 Å². The molecule has 1 N–H and O–H groups in total. The number of hydrogen-bond acceptors (Lipinski definition) is 3. The van der Waals surface area contributed by atoms with Crippen molar-refractivity contribution < 1.29 is 9.59 Å². The zero-order valence-electron chi connectivity index (χ0n) is 13.3. The quantitative estimate of drug-likeness (QED) is 0.812. The summed E-state index contributed by atoms with van der Waals surface area (Å²) in [5.74, 6) is -0.0692. The minimum atomic E-state index is -0.512. The Morgan fingerprint density at radius 2 is 2.17 bits per heavy atom. The molecular formula is C17H22BrN3O2. The molecule has 1 aromatic carbocycles. The van der Waals surface area contributed by atoms with E-state index in [0.717, 1.165) is 36.2 Å². The van der Waals surface area contributed by atoms with Gasteiger partial charge in [-0.15, -0.1) is 0 Å². The summed E-state index contributed by atoms with van der Waals surface area (Å²) in [4.78, 5) is 29.0. The van der Waals surface area contributed by atoms with Crippen LogP contribution in [0.25, 0.3) is 0 Å². The number of benzene rings is 1. The highest BCUT2D eigenvalue weighted by Gasteiger charge is 2.41. The summed E-state index contributed by atoms with van der Waals surface area (Å²) >= 11 is 3.43. The van der Waals surface area contributed by atoms with Gasteiger partial charge in [0.2, 0.25) is 11.8 Å². The van der Waals surface area contributed by atoms with Crippen molar-refractivity contribution in [3.05, 3.63) is 28.7 Å². The monoisotopic (exact) mass is 379 g/mol. The lowest BCUT2D eigenvalue weighted by atomic mass is 10.1. The number of amides is 2. The molecule has 0 aliphatic carbocycles. The van der Waals surface area contributed by atoms with Gasteiger partial charge in [-0.2, -0.15) is 0 Å². The van der Waals surface area contributed by atoms with Gasteiger partial charge in [0, 0.05) is 29.8 Å². The van der Waals surface area contributed by atoms with Crippen LogP contribution in [0.2, 0.25) is 0 Å². The van der Waals surface area contributed by atoms with Crippen LogP contribution in [-0.4, -0.2) is 49.9 Å². The fourth-order valence-corrected chi connectivity index (χ4v) is 3.91. The molecule has 1 aromatic rings. The molecule has 2 unspecified atom stereocenters. The average Bonchev–Trinajstić information content (AvgIpc) is 3.14. The van der Waals surface area contributed by atoms with Crippen LogP contribution >= 0.6 is 15.9 Å². The number of rotatable bonds is 4. The Bertz CT molecular complexity index is 607. The standard InChI is InChI=1S/C17H22BrN3O2/c1-19-10-12-5-7-20(11-12)16(22)15-6-8-21(17(15)23)14-4-2-3-13(18)9-14/h2-4,9,12,15,19H,5-8,10-11H2,1H3. The number of halogens is 1. The van der Waals surface area contributed by atoms with Crippen molar-refractivity contribution in [3.63, 3.8) is 0 Å². The van der Waals surface area contributed by atoms with Gasteiger partial charge < -0.3 is 15.1 Å². The molecule has 0 saturated carbocycles. The van der Waals surface area contributed by atoms with E-state index in [9.17, 15) is 9.59 Å². The summed E-state index contributed by atoms with van der Waals surface area (Å²) in [6, 6.07) is 7.67. The van der Waals surface area contributed by atoms with E-state index in [4.69, 9.17) is 0 Å². The number of nitrogens with zero attached hydrogens (tertiary/aromatic N) is 2. The second-order valence-corrected chi connectivity index (χ2v) is 7.22. The molecule has 124 valence electrons. The van der Waals surface area contributed by atoms with E-state index in [1.165, 1.54) is 0 Å². The molecule has 2 atom stereocenters. The SMILES string of the molecule is CNCC1CCN(C(=O)C2CCN(c3cccc(Br)c3)C2=O)C1. The van der Waals surface area contributed by atoms with E-state index in [-0.39, 0.29) is 11.8 Å². The maximum absolute atomic E-state index is 12.7.